The van der Waals surface area contributed by atoms with Crippen LogP contribution < -0.4 is 10.1 Å². The summed E-state index contributed by atoms with van der Waals surface area (Å²) >= 11 is 5.83. The van der Waals surface area contributed by atoms with Crippen molar-refractivity contribution < 1.29 is 4.74 Å². The molecule has 1 aromatic rings. The van der Waals surface area contributed by atoms with Gasteiger partial charge in [-0.2, -0.15) is 5.26 Å². The molecule has 1 N–H and O–H groups in total. The van der Waals surface area contributed by atoms with Crippen molar-refractivity contribution in [3.63, 3.8) is 0 Å². The monoisotopic (exact) mass is 238 g/mol. The number of benzene rings is 1. The van der Waals surface area contributed by atoms with E-state index in [1.807, 2.05) is 0 Å². The normalized spacial score (nSPS) is 9.81. The Hall–Kier alpha value is -1.24. The highest BCUT2D eigenvalue weighted by molar-refractivity contribution is 6.30. The number of hydrogen-bond acceptors (Lipinski definition) is 3. The van der Waals surface area contributed by atoms with Crippen LogP contribution in [0.5, 0.6) is 5.75 Å². The molecule has 0 fully saturated rings. The molecule has 0 atom stereocenters. The van der Waals surface area contributed by atoms with Crippen molar-refractivity contribution in [1.82, 2.24) is 5.32 Å². The van der Waals surface area contributed by atoms with Crippen molar-refractivity contribution >= 4 is 11.6 Å². The first-order valence-corrected chi connectivity index (χ1v) is 5.69. The fraction of sp³-hybridized carbons (Fsp3) is 0.417. The highest BCUT2D eigenvalue weighted by Gasteiger charge is 2.03. The van der Waals surface area contributed by atoms with E-state index < -0.39 is 0 Å². The summed E-state index contributed by atoms with van der Waals surface area (Å²) in [4.78, 5) is 0. The first kappa shape index (κ1) is 12.8. The molecule has 0 saturated heterocycles. The Morgan fingerprint density at radius 2 is 2.25 bits per heavy atom. The number of nitrogens with one attached hydrogen (secondary N) is 1. The predicted molar refractivity (Wildman–Crippen MR) is 64.8 cm³/mol. The number of ether oxygens (including phenoxy) is 1. The summed E-state index contributed by atoms with van der Waals surface area (Å²) in [6.45, 7) is 4.39. The Morgan fingerprint density at radius 1 is 1.44 bits per heavy atom. The number of nitrogens with zero attached hydrogens (tertiary/aromatic N) is 1. The van der Waals surface area contributed by atoms with Crippen molar-refractivity contribution in [1.29, 1.82) is 5.26 Å². The number of rotatable bonds is 6. The summed E-state index contributed by atoms with van der Waals surface area (Å²) in [5, 5.41) is 12.7. The fourth-order valence-electron chi connectivity index (χ4n) is 1.24. The van der Waals surface area contributed by atoms with Crippen LogP contribution in [-0.2, 0) is 0 Å². The number of hydrogen-bond donors (Lipinski definition) is 1. The lowest BCUT2D eigenvalue weighted by Gasteiger charge is -2.08. The largest absolute Gasteiger partial charge is 0.491 e. The Labute approximate surface area is 101 Å². The first-order valence-electron chi connectivity index (χ1n) is 5.31. The maximum Gasteiger partial charge on any atom is 0.138 e. The number of nitriles is 1. The van der Waals surface area contributed by atoms with Gasteiger partial charge in [0, 0.05) is 17.6 Å². The van der Waals surface area contributed by atoms with Gasteiger partial charge in [-0.05, 0) is 25.1 Å². The summed E-state index contributed by atoms with van der Waals surface area (Å²) < 4.78 is 5.49. The van der Waals surface area contributed by atoms with E-state index in [1.54, 1.807) is 18.2 Å². The minimum Gasteiger partial charge on any atom is -0.491 e. The second kappa shape index (κ2) is 7.10. The molecule has 1 rings (SSSR count). The average molecular weight is 239 g/mol. The zero-order valence-corrected chi connectivity index (χ0v) is 10.0. The van der Waals surface area contributed by atoms with E-state index in [1.165, 1.54) is 0 Å². The third kappa shape index (κ3) is 4.09. The topological polar surface area (TPSA) is 45.0 Å². The molecule has 0 saturated carbocycles. The van der Waals surface area contributed by atoms with Crippen molar-refractivity contribution in [3.05, 3.63) is 28.8 Å². The van der Waals surface area contributed by atoms with Crippen LogP contribution in [0.2, 0.25) is 5.02 Å². The lowest BCUT2D eigenvalue weighted by atomic mass is 10.2. The van der Waals surface area contributed by atoms with Crippen LogP contribution >= 0.6 is 11.6 Å². The Bertz CT molecular complexity index is 374. The molecule has 0 aliphatic heterocycles. The lowest BCUT2D eigenvalue weighted by Crippen LogP contribution is -2.21. The minimum absolute atomic E-state index is 0.514. The van der Waals surface area contributed by atoms with Crippen LogP contribution in [0.4, 0.5) is 0 Å². The number of halogens is 1. The minimum atomic E-state index is 0.514. The molecule has 0 heterocycles. The zero-order valence-electron chi connectivity index (χ0n) is 9.29. The molecule has 0 aliphatic rings. The van der Waals surface area contributed by atoms with Crippen LogP contribution in [0.1, 0.15) is 18.9 Å². The van der Waals surface area contributed by atoms with Crippen LogP contribution in [0, 0.1) is 11.3 Å². The Kier molecular flexibility index (Phi) is 5.69. The summed E-state index contributed by atoms with van der Waals surface area (Å²) in [6, 6.07) is 7.08. The van der Waals surface area contributed by atoms with Gasteiger partial charge in [-0.1, -0.05) is 18.5 Å². The summed E-state index contributed by atoms with van der Waals surface area (Å²) in [5.41, 5.74) is 0.514. The van der Waals surface area contributed by atoms with Gasteiger partial charge in [0.15, 0.2) is 0 Å². The van der Waals surface area contributed by atoms with Gasteiger partial charge >= 0.3 is 0 Å². The van der Waals surface area contributed by atoms with Crippen LogP contribution in [0.15, 0.2) is 18.2 Å². The third-order valence-corrected chi connectivity index (χ3v) is 2.26. The van der Waals surface area contributed by atoms with Gasteiger partial charge < -0.3 is 10.1 Å². The van der Waals surface area contributed by atoms with Crippen LogP contribution in [0.25, 0.3) is 0 Å². The van der Waals surface area contributed by atoms with Gasteiger partial charge in [0.05, 0.1) is 5.56 Å². The molecule has 0 aliphatic carbocycles. The molecular weight excluding hydrogens is 224 g/mol. The Balaban J connectivity index is 2.46. The summed E-state index contributed by atoms with van der Waals surface area (Å²) in [7, 11) is 0. The highest BCUT2D eigenvalue weighted by atomic mass is 35.5. The zero-order chi connectivity index (χ0) is 11.8. The smallest absolute Gasteiger partial charge is 0.138 e. The SMILES string of the molecule is CCCNCCOc1cc(Cl)ccc1C#N. The van der Waals surface area contributed by atoms with Crippen molar-refractivity contribution in [3.8, 4) is 11.8 Å². The molecule has 86 valence electrons. The first-order chi connectivity index (χ1) is 7.77. The van der Waals surface area contributed by atoms with Crippen LogP contribution in [-0.4, -0.2) is 19.7 Å². The van der Waals surface area contributed by atoms with Gasteiger partial charge in [-0.15, -0.1) is 0 Å². The summed E-state index contributed by atoms with van der Waals surface area (Å²) in [6.07, 6.45) is 1.10. The molecule has 3 nitrogen and oxygen atoms in total. The van der Waals surface area contributed by atoms with Gasteiger partial charge in [0.1, 0.15) is 18.4 Å². The van der Waals surface area contributed by atoms with E-state index in [-0.39, 0.29) is 0 Å². The molecule has 1 aromatic carbocycles. The molecule has 0 spiro atoms. The van der Waals surface area contributed by atoms with Gasteiger partial charge in [-0.25, -0.2) is 0 Å². The van der Waals surface area contributed by atoms with Gasteiger partial charge in [0.2, 0.25) is 0 Å². The van der Waals surface area contributed by atoms with E-state index in [4.69, 9.17) is 21.6 Å². The lowest BCUT2D eigenvalue weighted by molar-refractivity contribution is 0.313. The van der Waals surface area contributed by atoms with E-state index >= 15 is 0 Å². The van der Waals surface area contributed by atoms with Gasteiger partial charge in [-0.3, -0.25) is 0 Å². The second-order valence-corrected chi connectivity index (χ2v) is 3.79. The Morgan fingerprint density at radius 3 is 2.94 bits per heavy atom. The van der Waals surface area contributed by atoms with Crippen LogP contribution in [0.3, 0.4) is 0 Å². The second-order valence-electron chi connectivity index (χ2n) is 3.35. The van der Waals surface area contributed by atoms with E-state index in [2.05, 4.69) is 18.3 Å². The average Bonchev–Trinajstić information content (AvgIpc) is 2.29. The standard InChI is InChI=1S/C12H15ClN2O/c1-2-5-15-6-7-16-12-8-11(13)4-3-10(12)9-14/h3-4,8,15H,2,5-7H2,1H3. The van der Waals surface area contributed by atoms with E-state index in [9.17, 15) is 0 Å². The molecule has 0 unspecified atom stereocenters. The molecule has 0 radical (unpaired) electrons. The molecule has 0 aromatic heterocycles. The quantitative estimate of drug-likeness (QED) is 0.775. The highest BCUT2D eigenvalue weighted by Crippen LogP contribution is 2.22. The van der Waals surface area contributed by atoms with Crippen molar-refractivity contribution in [2.75, 3.05) is 19.7 Å². The molecule has 4 heteroatoms. The summed E-state index contributed by atoms with van der Waals surface area (Å²) in [5.74, 6) is 0.549. The molecular formula is C12H15ClN2O. The van der Waals surface area contributed by atoms with Gasteiger partial charge in [0.25, 0.3) is 0 Å². The van der Waals surface area contributed by atoms with Crippen molar-refractivity contribution in [2.45, 2.75) is 13.3 Å². The third-order valence-electron chi connectivity index (χ3n) is 2.03. The van der Waals surface area contributed by atoms with E-state index in [0.717, 1.165) is 19.5 Å². The maximum atomic E-state index is 8.86. The van der Waals surface area contributed by atoms with Crippen molar-refractivity contribution in [2.24, 2.45) is 0 Å². The predicted octanol–water partition coefficient (Wildman–Crippen LogP) is 2.59. The maximum absolute atomic E-state index is 8.86. The van der Waals surface area contributed by atoms with E-state index in [0.29, 0.717) is 22.9 Å². The molecule has 0 bridgehead atoms. The molecule has 0 amide bonds. The molecule has 16 heavy (non-hydrogen) atoms. The fourth-order valence-corrected chi connectivity index (χ4v) is 1.40.